The second-order valence-corrected chi connectivity index (χ2v) is 12.5. The lowest BCUT2D eigenvalue weighted by atomic mass is 9.93. The molecule has 1 fully saturated rings. The largest absolute Gasteiger partial charge is 0.346 e. The predicted octanol–water partition coefficient (Wildman–Crippen LogP) is 5.61. The third kappa shape index (κ3) is 5.09. The zero-order chi connectivity index (χ0) is 24.6. The van der Waals surface area contributed by atoms with Crippen LogP contribution in [0.2, 0.25) is 10.0 Å². The topological polar surface area (TPSA) is 66.5 Å². The second-order valence-electron chi connectivity index (χ2n) is 8.36. The number of nitrogens with zero attached hydrogens (tertiary/aromatic N) is 1. The van der Waals surface area contributed by atoms with Gasteiger partial charge in [0.15, 0.2) is 9.84 Å². The van der Waals surface area contributed by atoms with Crippen molar-refractivity contribution < 1.29 is 13.2 Å². The SMILES string of the molecule is C=Cc1c(S(C)(=O)=O)sc(C(=O)NC2CN(C(c3ccc(Cl)cc3)c3ccc(Cl)cc3)C2)c1C. The Morgan fingerprint density at radius 2 is 1.59 bits per heavy atom. The summed E-state index contributed by atoms with van der Waals surface area (Å²) in [6.45, 7) is 6.77. The number of sulfone groups is 1. The first kappa shape index (κ1) is 24.9. The van der Waals surface area contributed by atoms with Crippen LogP contribution >= 0.6 is 34.5 Å². The quantitative estimate of drug-likeness (QED) is 0.427. The van der Waals surface area contributed by atoms with E-state index >= 15 is 0 Å². The van der Waals surface area contributed by atoms with Crippen LogP contribution in [0, 0.1) is 6.92 Å². The minimum Gasteiger partial charge on any atom is -0.346 e. The normalized spacial score (nSPS) is 14.7. The molecule has 0 radical (unpaired) electrons. The summed E-state index contributed by atoms with van der Waals surface area (Å²) in [5, 5.41) is 4.40. The van der Waals surface area contributed by atoms with Crippen molar-refractivity contribution >= 4 is 56.4 Å². The van der Waals surface area contributed by atoms with E-state index in [9.17, 15) is 13.2 Å². The highest BCUT2D eigenvalue weighted by molar-refractivity contribution is 7.92. The number of hydrogen-bond donors (Lipinski definition) is 1. The van der Waals surface area contributed by atoms with Crippen molar-refractivity contribution in [2.45, 2.75) is 23.2 Å². The van der Waals surface area contributed by atoms with Crippen LogP contribution in [-0.2, 0) is 9.84 Å². The molecule has 2 heterocycles. The molecule has 1 saturated heterocycles. The zero-order valence-electron chi connectivity index (χ0n) is 18.7. The van der Waals surface area contributed by atoms with Crippen molar-refractivity contribution in [3.8, 4) is 0 Å². The van der Waals surface area contributed by atoms with Crippen molar-refractivity contribution in [1.82, 2.24) is 10.2 Å². The third-order valence-electron chi connectivity index (χ3n) is 5.89. The molecule has 4 rings (SSSR count). The van der Waals surface area contributed by atoms with Gasteiger partial charge in [0.2, 0.25) is 0 Å². The van der Waals surface area contributed by atoms with E-state index in [-0.39, 0.29) is 22.2 Å². The van der Waals surface area contributed by atoms with Crippen LogP contribution in [0.4, 0.5) is 0 Å². The summed E-state index contributed by atoms with van der Waals surface area (Å²) in [6, 6.07) is 15.4. The maximum atomic E-state index is 13.0. The summed E-state index contributed by atoms with van der Waals surface area (Å²) in [6.07, 6.45) is 2.64. The molecule has 1 aliphatic heterocycles. The lowest BCUT2D eigenvalue weighted by molar-refractivity contribution is 0.0721. The third-order valence-corrected chi connectivity index (χ3v) is 9.54. The van der Waals surface area contributed by atoms with Crippen LogP contribution in [0.5, 0.6) is 0 Å². The van der Waals surface area contributed by atoms with Gasteiger partial charge in [0.25, 0.3) is 5.91 Å². The Hall–Kier alpha value is -2.16. The fourth-order valence-electron chi connectivity index (χ4n) is 4.20. The molecule has 1 aliphatic rings. The Morgan fingerprint density at radius 1 is 1.09 bits per heavy atom. The number of halogens is 2. The number of benzene rings is 2. The standard InChI is InChI=1S/C25H24Cl2N2O3S2/c1-4-21-15(2)23(33-25(21)34(3,31)32)24(30)28-20-13-29(14-20)22(16-5-9-18(26)10-6-16)17-7-11-19(27)12-8-17/h4-12,20,22H,1,13-14H2,2-3H3,(H,28,30). The average Bonchev–Trinajstić information content (AvgIpc) is 3.11. The fourth-order valence-corrected chi connectivity index (χ4v) is 6.89. The first-order valence-corrected chi connectivity index (χ1v) is 14.1. The molecule has 0 spiro atoms. The molecule has 0 atom stereocenters. The number of amides is 1. The molecular weight excluding hydrogens is 511 g/mol. The average molecular weight is 536 g/mol. The molecule has 0 aliphatic carbocycles. The lowest BCUT2D eigenvalue weighted by Gasteiger charge is -2.45. The van der Waals surface area contributed by atoms with Gasteiger partial charge in [-0.15, -0.1) is 11.3 Å². The van der Waals surface area contributed by atoms with Crippen molar-refractivity contribution in [3.05, 3.63) is 92.3 Å². The van der Waals surface area contributed by atoms with Gasteiger partial charge in [-0.05, 0) is 47.9 Å². The minimum absolute atomic E-state index is 0.00429. The monoisotopic (exact) mass is 534 g/mol. The predicted molar refractivity (Wildman–Crippen MR) is 140 cm³/mol. The molecule has 9 heteroatoms. The summed E-state index contributed by atoms with van der Waals surface area (Å²) < 4.78 is 24.4. The molecule has 2 aromatic carbocycles. The Bertz CT molecular complexity index is 1280. The van der Waals surface area contributed by atoms with E-state index in [2.05, 4.69) is 16.8 Å². The van der Waals surface area contributed by atoms with E-state index in [0.29, 0.717) is 39.1 Å². The molecule has 178 valence electrons. The number of rotatable bonds is 7. The molecule has 0 unspecified atom stereocenters. The summed E-state index contributed by atoms with van der Waals surface area (Å²) in [5.74, 6) is -0.264. The number of likely N-dealkylation sites (tertiary alicyclic amines) is 1. The van der Waals surface area contributed by atoms with Gasteiger partial charge in [-0.1, -0.05) is 60.1 Å². The summed E-state index contributed by atoms with van der Waals surface area (Å²) in [4.78, 5) is 15.7. The van der Waals surface area contributed by atoms with Crippen molar-refractivity contribution in [2.24, 2.45) is 0 Å². The van der Waals surface area contributed by atoms with Gasteiger partial charge in [-0.25, -0.2) is 8.42 Å². The Labute approximate surface area is 213 Å². The Balaban J connectivity index is 1.51. The van der Waals surface area contributed by atoms with Crippen LogP contribution in [0.3, 0.4) is 0 Å². The minimum atomic E-state index is -3.45. The van der Waals surface area contributed by atoms with E-state index in [1.165, 1.54) is 6.08 Å². The number of nitrogens with one attached hydrogen (secondary N) is 1. The summed E-state index contributed by atoms with van der Waals surface area (Å²) >= 11 is 13.2. The highest BCUT2D eigenvalue weighted by Crippen LogP contribution is 2.35. The highest BCUT2D eigenvalue weighted by Gasteiger charge is 2.36. The van der Waals surface area contributed by atoms with Crippen LogP contribution in [-0.4, -0.2) is 44.6 Å². The highest BCUT2D eigenvalue weighted by atomic mass is 35.5. The molecule has 3 aromatic rings. The van der Waals surface area contributed by atoms with Crippen molar-refractivity contribution in [2.75, 3.05) is 19.3 Å². The van der Waals surface area contributed by atoms with Crippen LogP contribution in [0.1, 0.15) is 38.0 Å². The smallest absolute Gasteiger partial charge is 0.261 e. The van der Waals surface area contributed by atoms with E-state index in [0.717, 1.165) is 28.7 Å². The molecule has 5 nitrogen and oxygen atoms in total. The van der Waals surface area contributed by atoms with Gasteiger partial charge in [-0.2, -0.15) is 0 Å². The summed E-state index contributed by atoms with van der Waals surface area (Å²) in [5.41, 5.74) is 3.32. The first-order chi connectivity index (χ1) is 16.1. The fraction of sp³-hybridized carbons (Fsp3) is 0.240. The van der Waals surface area contributed by atoms with Gasteiger partial charge in [0.05, 0.1) is 17.0 Å². The first-order valence-electron chi connectivity index (χ1n) is 10.6. The molecule has 1 N–H and O–H groups in total. The number of carbonyl (C=O) groups is 1. The van der Waals surface area contributed by atoms with Crippen molar-refractivity contribution in [3.63, 3.8) is 0 Å². The molecule has 0 saturated carbocycles. The van der Waals surface area contributed by atoms with Crippen molar-refractivity contribution in [1.29, 1.82) is 0 Å². The van der Waals surface area contributed by atoms with Crippen LogP contribution < -0.4 is 5.32 Å². The number of thiophene rings is 1. The van der Waals surface area contributed by atoms with Gasteiger partial charge in [-0.3, -0.25) is 9.69 Å². The molecule has 0 bridgehead atoms. The van der Waals surface area contributed by atoms with Gasteiger partial charge < -0.3 is 5.32 Å². The Morgan fingerprint density at radius 3 is 2.00 bits per heavy atom. The molecule has 1 aromatic heterocycles. The van der Waals surface area contributed by atoms with Crippen LogP contribution in [0.25, 0.3) is 6.08 Å². The molecular formula is C25H24Cl2N2O3S2. The van der Waals surface area contributed by atoms with Gasteiger partial charge >= 0.3 is 0 Å². The van der Waals surface area contributed by atoms with Crippen LogP contribution in [0.15, 0.2) is 59.3 Å². The Kier molecular flexibility index (Phi) is 7.22. The number of hydrogen-bond acceptors (Lipinski definition) is 5. The number of carbonyl (C=O) groups excluding carboxylic acids is 1. The van der Waals surface area contributed by atoms with E-state index in [4.69, 9.17) is 23.2 Å². The van der Waals surface area contributed by atoms with Gasteiger partial charge in [0, 0.05) is 35.0 Å². The molecule has 34 heavy (non-hydrogen) atoms. The second kappa shape index (κ2) is 9.84. The van der Waals surface area contributed by atoms with E-state index < -0.39 is 9.84 Å². The van der Waals surface area contributed by atoms with Gasteiger partial charge in [0.1, 0.15) is 4.21 Å². The lowest BCUT2D eigenvalue weighted by Crippen LogP contribution is -2.60. The zero-order valence-corrected chi connectivity index (χ0v) is 21.9. The molecule has 1 amide bonds. The maximum Gasteiger partial charge on any atom is 0.261 e. The van der Waals surface area contributed by atoms with E-state index in [1.54, 1.807) is 6.92 Å². The maximum absolute atomic E-state index is 13.0. The van der Waals surface area contributed by atoms with E-state index in [1.807, 2.05) is 48.5 Å². The summed E-state index contributed by atoms with van der Waals surface area (Å²) in [7, 11) is -3.45.